The average molecular weight is 262 g/mol. The minimum absolute atomic E-state index is 0.413. The number of nitrogens with zero attached hydrogens (tertiary/aromatic N) is 1. The van der Waals surface area contributed by atoms with Gasteiger partial charge in [0.15, 0.2) is 0 Å². The van der Waals surface area contributed by atoms with E-state index in [1.165, 1.54) is 15.6 Å². The summed E-state index contributed by atoms with van der Waals surface area (Å²) in [5.74, 6) is 0.512. The summed E-state index contributed by atoms with van der Waals surface area (Å²) in [6.07, 6.45) is 1.11. The van der Waals surface area contributed by atoms with Gasteiger partial charge in [-0.1, -0.05) is 31.5 Å². The molecule has 1 heterocycles. The van der Waals surface area contributed by atoms with E-state index in [1.54, 1.807) is 0 Å². The fourth-order valence-corrected chi connectivity index (χ4v) is 3.69. The zero-order chi connectivity index (χ0) is 13.1. The highest BCUT2D eigenvalue weighted by molar-refractivity contribution is 7.17. The first-order valence-electron chi connectivity index (χ1n) is 6.51. The largest absolute Gasteiger partial charge is 0.330 e. The summed E-state index contributed by atoms with van der Waals surface area (Å²) in [4.78, 5) is 2.30. The molecule has 2 nitrogen and oxygen atoms in total. The van der Waals surface area contributed by atoms with Crippen LogP contribution < -0.4 is 5.73 Å². The molecule has 0 saturated heterocycles. The lowest BCUT2D eigenvalue weighted by molar-refractivity contribution is 0.213. The molecule has 2 atom stereocenters. The summed E-state index contributed by atoms with van der Waals surface area (Å²) in [5.41, 5.74) is 7.38. The van der Waals surface area contributed by atoms with Crippen molar-refractivity contribution in [3.05, 3.63) is 35.2 Å². The molecule has 0 spiro atoms. The van der Waals surface area contributed by atoms with Crippen LogP contribution in [0.2, 0.25) is 0 Å². The molecule has 98 valence electrons. The van der Waals surface area contributed by atoms with E-state index in [-0.39, 0.29) is 0 Å². The second kappa shape index (κ2) is 5.83. The van der Waals surface area contributed by atoms with Gasteiger partial charge in [-0.3, -0.25) is 0 Å². The Morgan fingerprint density at radius 3 is 2.61 bits per heavy atom. The Morgan fingerprint density at radius 2 is 2.00 bits per heavy atom. The van der Waals surface area contributed by atoms with Crippen LogP contribution in [0.4, 0.5) is 0 Å². The monoisotopic (exact) mass is 262 g/mol. The van der Waals surface area contributed by atoms with Crippen LogP contribution in [0.15, 0.2) is 29.6 Å². The number of nitrogens with two attached hydrogens (primary N) is 1. The highest BCUT2D eigenvalue weighted by Gasteiger charge is 2.25. The quantitative estimate of drug-likeness (QED) is 0.893. The molecule has 0 saturated carbocycles. The van der Waals surface area contributed by atoms with E-state index in [4.69, 9.17) is 5.73 Å². The molecule has 0 amide bonds. The number of benzene rings is 1. The molecule has 18 heavy (non-hydrogen) atoms. The molecule has 0 bridgehead atoms. The SMILES string of the molecule is CCC(CN)C(c1csc2ccccc12)N(C)C. The Labute approximate surface area is 113 Å². The van der Waals surface area contributed by atoms with Gasteiger partial charge in [0, 0.05) is 10.7 Å². The van der Waals surface area contributed by atoms with Gasteiger partial charge < -0.3 is 10.6 Å². The zero-order valence-electron chi connectivity index (χ0n) is 11.4. The molecule has 0 aliphatic heterocycles. The van der Waals surface area contributed by atoms with Gasteiger partial charge in [0.2, 0.25) is 0 Å². The van der Waals surface area contributed by atoms with E-state index in [9.17, 15) is 0 Å². The van der Waals surface area contributed by atoms with Gasteiger partial charge in [0.05, 0.1) is 0 Å². The molecule has 1 aromatic heterocycles. The number of fused-ring (bicyclic) bond motifs is 1. The Bertz CT molecular complexity index is 500. The number of thiophene rings is 1. The Balaban J connectivity index is 2.48. The van der Waals surface area contributed by atoms with Crippen LogP contribution in [0.1, 0.15) is 24.9 Å². The fraction of sp³-hybridized carbons (Fsp3) is 0.467. The van der Waals surface area contributed by atoms with Gasteiger partial charge >= 0.3 is 0 Å². The summed E-state index contributed by atoms with van der Waals surface area (Å²) in [7, 11) is 4.30. The van der Waals surface area contributed by atoms with Gasteiger partial charge in [-0.15, -0.1) is 11.3 Å². The first kappa shape index (κ1) is 13.5. The molecule has 2 rings (SSSR count). The third-order valence-electron chi connectivity index (χ3n) is 3.66. The van der Waals surface area contributed by atoms with Crippen molar-refractivity contribution in [2.45, 2.75) is 19.4 Å². The van der Waals surface area contributed by atoms with Crippen LogP contribution in [-0.4, -0.2) is 25.5 Å². The lowest BCUT2D eigenvalue weighted by Gasteiger charge is -2.31. The molecular formula is C15H22N2S. The average Bonchev–Trinajstić information content (AvgIpc) is 2.79. The molecule has 0 aliphatic carbocycles. The summed E-state index contributed by atoms with van der Waals surface area (Å²) >= 11 is 1.83. The molecule has 2 N–H and O–H groups in total. The maximum Gasteiger partial charge on any atom is 0.0396 e. The minimum atomic E-state index is 0.413. The standard InChI is InChI=1S/C15H22N2S/c1-4-11(9-16)15(17(2)3)13-10-18-14-8-6-5-7-12(13)14/h5-8,10-11,15H,4,9,16H2,1-3H3. The first-order chi connectivity index (χ1) is 8.69. The molecule has 0 fully saturated rings. The van der Waals surface area contributed by atoms with Crippen molar-refractivity contribution in [3.63, 3.8) is 0 Å². The van der Waals surface area contributed by atoms with E-state index < -0.39 is 0 Å². The van der Waals surface area contributed by atoms with Crippen molar-refractivity contribution in [1.82, 2.24) is 4.90 Å². The van der Waals surface area contributed by atoms with Crippen molar-refractivity contribution < 1.29 is 0 Å². The third-order valence-corrected chi connectivity index (χ3v) is 4.64. The lowest BCUT2D eigenvalue weighted by Crippen LogP contribution is -2.31. The second-order valence-corrected chi connectivity index (χ2v) is 5.91. The maximum absolute atomic E-state index is 5.95. The molecule has 3 heteroatoms. The summed E-state index contributed by atoms with van der Waals surface area (Å²) in [6.45, 7) is 2.96. The van der Waals surface area contributed by atoms with Crippen LogP contribution in [0, 0.1) is 5.92 Å². The molecule has 0 aliphatic rings. The zero-order valence-corrected chi connectivity index (χ0v) is 12.2. The van der Waals surface area contributed by atoms with Crippen LogP contribution in [-0.2, 0) is 0 Å². The molecule has 2 unspecified atom stereocenters. The Hall–Kier alpha value is -0.900. The minimum Gasteiger partial charge on any atom is -0.330 e. The fourth-order valence-electron chi connectivity index (χ4n) is 2.70. The summed E-state index contributed by atoms with van der Waals surface area (Å²) < 4.78 is 1.37. The second-order valence-electron chi connectivity index (χ2n) is 5.00. The summed E-state index contributed by atoms with van der Waals surface area (Å²) in [6, 6.07) is 9.05. The molecular weight excluding hydrogens is 240 g/mol. The number of hydrogen-bond donors (Lipinski definition) is 1. The van der Waals surface area contributed by atoms with Crippen molar-refractivity contribution in [1.29, 1.82) is 0 Å². The van der Waals surface area contributed by atoms with Crippen molar-refractivity contribution in [3.8, 4) is 0 Å². The van der Waals surface area contributed by atoms with E-state index in [0.717, 1.165) is 13.0 Å². The van der Waals surface area contributed by atoms with E-state index in [0.29, 0.717) is 12.0 Å². The topological polar surface area (TPSA) is 29.3 Å². The van der Waals surface area contributed by atoms with Crippen LogP contribution in [0.25, 0.3) is 10.1 Å². The lowest BCUT2D eigenvalue weighted by atomic mass is 9.90. The number of rotatable bonds is 5. The van der Waals surface area contributed by atoms with Gasteiger partial charge in [0.25, 0.3) is 0 Å². The van der Waals surface area contributed by atoms with Crippen molar-refractivity contribution >= 4 is 21.4 Å². The maximum atomic E-state index is 5.95. The highest BCUT2D eigenvalue weighted by atomic mass is 32.1. The first-order valence-corrected chi connectivity index (χ1v) is 7.39. The molecule has 0 radical (unpaired) electrons. The Morgan fingerprint density at radius 1 is 1.28 bits per heavy atom. The van der Waals surface area contributed by atoms with Crippen molar-refractivity contribution in [2.75, 3.05) is 20.6 Å². The van der Waals surface area contributed by atoms with Crippen LogP contribution in [0.5, 0.6) is 0 Å². The Kier molecular flexibility index (Phi) is 4.38. The van der Waals surface area contributed by atoms with Crippen LogP contribution >= 0.6 is 11.3 Å². The van der Waals surface area contributed by atoms with E-state index in [2.05, 4.69) is 55.6 Å². The van der Waals surface area contributed by atoms with Gasteiger partial charge in [0.1, 0.15) is 0 Å². The molecule has 2 aromatic rings. The predicted molar refractivity (Wildman–Crippen MR) is 81.1 cm³/mol. The third kappa shape index (κ3) is 2.44. The predicted octanol–water partition coefficient (Wildman–Crippen LogP) is 3.49. The van der Waals surface area contributed by atoms with E-state index in [1.807, 2.05) is 11.3 Å². The van der Waals surface area contributed by atoms with Crippen molar-refractivity contribution in [2.24, 2.45) is 11.7 Å². The smallest absolute Gasteiger partial charge is 0.0396 e. The van der Waals surface area contributed by atoms with E-state index >= 15 is 0 Å². The molecule has 1 aromatic carbocycles. The number of hydrogen-bond acceptors (Lipinski definition) is 3. The van der Waals surface area contributed by atoms with Gasteiger partial charge in [-0.05, 0) is 49.0 Å². The van der Waals surface area contributed by atoms with Gasteiger partial charge in [-0.2, -0.15) is 0 Å². The van der Waals surface area contributed by atoms with Crippen LogP contribution in [0.3, 0.4) is 0 Å². The normalized spacial score (nSPS) is 15.2. The van der Waals surface area contributed by atoms with Gasteiger partial charge in [-0.25, -0.2) is 0 Å². The summed E-state index contributed by atoms with van der Waals surface area (Å²) in [5, 5.41) is 3.68. The highest BCUT2D eigenvalue weighted by Crippen LogP contribution is 2.36.